The molecule has 1 atom stereocenters. The maximum atomic E-state index is 11.9. The highest BCUT2D eigenvalue weighted by atomic mass is 35.5. The Kier molecular flexibility index (Phi) is 5.01. The lowest BCUT2D eigenvalue weighted by Crippen LogP contribution is -2.40. The van der Waals surface area contributed by atoms with Crippen molar-refractivity contribution in [2.24, 2.45) is 0 Å². The molecule has 1 aromatic carbocycles. The Labute approximate surface area is 123 Å². The number of rotatable bonds is 4. The molecule has 0 aliphatic heterocycles. The number of ether oxygens (including phenoxy) is 1. The Morgan fingerprint density at radius 3 is 2.45 bits per heavy atom. The van der Waals surface area contributed by atoms with Gasteiger partial charge in [-0.3, -0.25) is 4.79 Å². The molecule has 1 saturated carbocycles. The number of hydrogen-bond donors (Lipinski definition) is 1. The molecule has 0 bridgehead atoms. The minimum absolute atomic E-state index is 0.221. The van der Waals surface area contributed by atoms with Gasteiger partial charge in [0.25, 0.3) is 5.91 Å². The van der Waals surface area contributed by atoms with Crippen LogP contribution >= 0.6 is 11.6 Å². The van der Waals surface area contributed by atoms with Gasteiger partial charge < -0.3 is 10.1 Å². The predicted octanol–water partition coefficient (Wildman–Crippen LogP) is 2.94. The third kappa shape index (κ3) is 3.97. The lowest BCUT2D eigenvalue weighted by molar-refractivity contribution is -0.129. The Hall–Kier alpha value is -1.55. The topological polar surface area (TPSA) is 55.4 Å². The van der Waals surface area contributed by atoms with Crippen molar-refractivity contribution in [3.8, 4) is 0 Å². The third-order valence-corrected chi connectivity index (χ3v) is 3.69. The van der Waals surface area contributed by atoms with Crippen LogP contribution in [0.3, 0.4) is 0 Å². The lowest BCUT2D eigenvalue weighted by Gasteiger charge is -2.17. The van der Waals surface area contributed by atoms with E-state index < -0.39 is 12.1 Å². The molecule has 4 nitrogen and oxygen atoms in total. The fourth-order valence-electron chi connectivity index (χ4n) is 2.26. The van der Waals surface area contributed by atoms with E-state index in [1.54, 1.807) is 31.2 Å². The summed E-state index contributed by atoms with van der Waals surface area (Å²) in [5, 5.41) is 3.46. The summed E-state index contributed by atoms with van der Waals surface area (Å²) in [5.41, 5.74) is 0.384. The van der Waals surface area contributed by atoms with E-state index in [-0.39, 0.29) is 11.9 Å². The van der Waals surface area contributed by atoms with Crippen LogP contribution in [0.2, 0.25) is 5.02 Å². The van der Waals surface area contributed by atoms with Crippen molar-refractivity contribution >= 4 is 23.5 Å². The Morgan fingerprint density at radius 2 is 1.85 bits per heavy atom. The smallest absolute Gasteiger partial charge is 0.338 e. The fraction of sp³-hybridized carbons (Fsp3) is 0.467. The summed E-state index contributed by atoms with van der Waals surface area (Å²) in [6.45, 7) is 1.58. The van der Waals surface area contributed by atoms with E-state index in [4.69, 9.17) is 16.3 Å². The van der Waals surface area contributed by atoms with Gasteiger partial charge in [0.1, 0.15) is 0 Å². The van der Waals surface area contributed by atoms with Crippen molar-refractivity contribution < 1.29 is 14.3 Å². The Morgan fingerprint density at radius 1 is 1.25 bits per heavy atom. The first kappa shape index (κ1) is 14.9. The van der Waals surface area contributed by atoms with Crippen LogP contribution < -0.4 is 5.32 Å². The van der Waals surface area contributed by atoms with Gasteiger partial charge in [0.05, 0.1) is 5.56 Å². The van der Waals surface area contributed by atoms with Crippen molar-refractivity contribution in [3.63, 3.8) is 0 Å². The summed E-state index contributed by atoms with van der Waals surface area (Å²) < 4.78 is 5.15. The Balaban J connectivity index is 1.86. The fourth-order valence-corrected chi connectivity index (χ4v) is 2.38. The number of carbonyl (C=O) groups is 2. The molecular weight excluding hydrogens is 278 g/mol. The molecule has 0 radical (unpaired) electrons. The molecule has 1 aliphatic rings. The second kappa shape index (κ2) is 6.75. The summed E-state index contributed by atoms with van der Waals surface area (Å²) in [6, 6.07) is 6.60. The summed E-state index contributed by atoms with van der Waals surface area (Å²) in [5.74, 6) is -0.755. The van der Waals surface area contributed by atoms with Crippen molar-refractivity contribution in [3.05, 3.63) is 34.9 Å². The summed E-state index contributed by atoms with van der Waals surface area (Å²) in [7, 11) is 0. The SMILES string of the molecule is C[C@H](OC(=O)c1ccc(Cl)cc1)C(=O)NC1CCCC1. The number of amides is 1. The maximum Gasteiger partial charge on any atom is 0.338 e. The van der Waals surface area contributed by atoms with Crippen molar-refractivity contribution in [2.45, 2.75) is 44.8 Å². The van der Waals surface area contributed by atoms with Crippen LogP contribution in [0.15, 0.2) is 24.3 Å². The van der Waals surface area contributed by atoms with Gasteiger partial charge in [0, 0.05) is 11.1 Å². The van der Waals surface area contributed by atoms with E-state index in [1.165, 1.54) is 0 Å². The van der Waals surface area contributed by atoms with Gasteiger partial charge in [0.2, 0.25) is 0 Å². The zero-order chi connectivity index (χ0) is 14.5. The molecule has 2 rings (SSSR count). The normalized spacial score (nSPS) is 16.7. The Bertz CT molecular complexity index is 480. The highest BCUT2D eigenvalue weighted by molar-refractivity contribution is 6.30. The average Bonchev–Trinajstić information content (AvgIpc) is 2.92. The molecular formula is C15H18ClNO3. The summed E-state index contributed by atoms with van der Waals surface area (Å²) in [4.78, 5) is 23.8. The molecule has 1 fully saturated rings. The van der Waals surface area contributed by atoms with Crippen LogP contribution in [0.4, 0.5) is 0 Å². The monoisotopic (exact) mass is 295 g/mol. The van der Waals surface area contributed by atoms with Crippen molar-refractivity contribution in [2.75, 3.05) is 0 Å². The molecule has 0 heterocycles. The number of carbonyl (C=O) groups excluding carboxylic acids is 2. The largest absolute Gasteiger partial charge is 0.449 e. The van der Waals surface area contributed by atoms with Crippen molar-refractivity contribution in [1.29, 1.82) is 0 Å². The van der Waals surface area contributed by atoms with Gasteiger partial charge in [-0.05, 0) is 44.0 Å². The first-order valence-corrected chi connectivity index (χ1v) is 7.21. The van der Waals surface area contributed by atoms with Gasteiger partial charge in [-0.1, -0.05) is 24.4 Å². The molecule has 5 heteroatoms. The average molecular weight is 296 g/mol. The van der Waals surface area contributed by atoms with E-state index in [1.807, 2.05) is 0 Å². The molecule has 108 valence electrons. The quantitative estimate of drug-likeness (QED) is 0.869. The zero-order valence-electron chi connectivity index (χ0n) is 11.4. The van der Waals surface area contributed by atoms with Crippen molar-refractivity contribution in [1.82, 2.24) is 5.32 Å². The molecule has 1 aliphatic carbocycles. The van der Waals surface area contributed by atoms with Crippen LogP contribution in [0.1, 0.15) is 43.0 Å². The van der Waals surface area contributed by atoms with E-state index >= 15 is 0 Å². The summed E-state index contributed by atoms with van der Waals surface area (Å²) in [6.07, 6.45) is 3.50. The van der Waals surface area contributed by atoms with Crippen LogP contribution in [0, 0.1) is 0 Å². The maximum absolute atomic E-state index is 11.9. The molecule has 0 unspecified atom stereocenters. The highest BCUT2D eigenvalue weighted by Gasteiger charge is 2.23. The van der Waals surface area contributed by atoms with Gasteiger partial charge in [-0.2, -0.15) is 0 Å². The predicted molar refractivity (Wildman–Crippen MR) is 76.7 cm³/mol. The molecule has 0 spiro atoms. The molecule has 1 N–H and O–H groups in total. The third-order valence-electron chi connectivity index (χ3n) is 3.43. The van der Waals surface area contributed by atoms with Gasteiger partial charge >= 0.3 is 5.97 Å². The van der Waals surface area contributed by atoms with Crippen LogP contribution in [-0.2, 0) is 9.53 Å². The second-order valence-electron chi connectivity index (χ2n) is 5.04. The summed E-state index contributed by atoms with van der Waals surface area (Å²) >= 11 is 5.75. The van der Waals surface area contributed by atoms with E-state index in [0.29, 0.717) is 10.6 Å². The van der Waals surface area contributed by atoms with E-state index in [2.05, 4.69) is 5.32 Å². The minimum atomic E-state index is -0.793. The lowest BCUT2D eigenvalue weighted by atomic mass is 10.2. The highest BCUT2D eigenvalue weighted by Crippen LogP contribution is 2.18. The molecule has 0 aromatic heterocycles. The minimum Gasteiger partial charge on any atom is -0.449 e. The van der Waals surface area contributed by atoms with Crippen LogP contribution in [0.25, 0.3) is 0 Å². The van der Waals surface area contributed by atoms with E-state index in [0.717, 1.165) is 25.7 Å². The zero-order valence-corrected chi connectivity index (χ0v) is 12.2. The molecule has 20 heavy (non-hydrogen) atoms. The van der Waals surface area contributed by atoms with Crippen LogP contribution in [-0.4, -0.2) is 24.0 Å². The second-order valence-corrected chi connectivity index (χ2v) is 5.48. The first-order valence-electron chi connectivity index (χ1n) is 6.83. The van der Waals surface area contributed by atoms with Gasteiger partial charge in [0.15, 0.2) is 6.10 Å². The van der Waals surface area contributed by atoms with E-state index in [9.17, 15) is 9.59 Å². The number of benzene rings is 1. The first-order chi connectivity index (χ1) is 9.56. The number of nitrogens with one attached hydrogen (secondary N) is 1. The van der Waals surface area contributed by atoms with Crippen LogP contribution in [0.5, 0.6) is 0 Å². The molecule has 1 amide bonds. The molecule has 1 aromatic rings. The van der Waals surface area contributed by atoms with Gasteiger partial charge in [-0.15, -0.1) is 0 Å². The number of halogens is 1. The standard InChI is InChI=1S/C15H18ClNO3/c1-10(14(18)17-13-4-2-3-5-13)20-15(19)11-6-8-12(16)9-7-11/h6-10,13H,2-5H2,1H3,(H,17,18)/t10-/m0/s1. The molecule has 0 saturated heterocycles. The number of esters is 1. The number of hydrogen-bond acceptors (Lipinski definition) is 3. The van der Waals surface area contributed by atoms with Gasteiger partial charge in [-0.25, -0.2) is 4.79 Å².